The number of benzene rings is 1. The molecule has 1 aromatic carbocycles. The Morgan fingerprint density at radius 3 is 2.90 bits per heavy atom. The van der Waals surface area contributed by atoms with Gasteiger partial charge in [0.2, 0.25) is 0 Å². The van der Waals surface area contributed by atoms with E-state index >= 15 is 0 Å². The number of imidazole rings is 1. The summed E-state index contributed by atoms with van der Waals surface area (Å²) < 4.78 is 7.88. The Balaban J connectivity index is 2.20. The minimum Gasteiger partial charge on any atom is -0.379 e. The lowest BCUT2D eigenvalue weighted by atomic mass is 10.0. The fourth-order valence-corrected chi connectivity index (χ4v) is 3.26. The Hall–Kier alpha value is -1.10. The number of nitrogens with one attached hydrogen (secondary N) is 1. The van der Waals surface area contributed by atoms with E-state index in [1.54, 1.807) is 0 Å². The van der Waals surface area contributed by atoms with Crippen LogP contribution in [0.4, 0.5) is 0 Å². The summed E-state index contributed by atoms with van der Waals surface area (Å²) in [5.41, 5.74) is 1.99. The first kappa shape index (κ1) is 13.9. The van der Waals surface area contributed by atoms with Crippen LogP contribution in [-0.2, 0) is 4.74 Å². The zero-order chi connectivity index (χ0) is 14.3. The van der Waals surface area contributed by atoms with E-state index in [0.29, 0.717) is 18.7 Å². The molecule has 1 aliphatic rings. The van der Waals surface area contributed by atoms with Crippen LogP contribution in [0.25, 0.3) is 11.0 Å². The third-order valence-corrected chi connectivity index (χ3v) is 4.29. The molecule has 1 saturated heterocycles. The Bertz CT molecular complexity index is 623. The second-order valence-corrected chi connectivity index (χ2v) is 5.99. The number of fused-ring (bicyclic) bond motifs is 1. The van der Waals surface area contributed by atoms with E-state index in [2.05, 4.69) is 23.7 Å². The minimum atomic E-state index is 0.269. The number of nitrogens with zero attached hydrogens (tertiary/aromatic N) is 2. The molecule has 2 aromatic rings. The molecule has 0 radical (unpaired) electrons. The SMILES string of the molecule is CNC1COCC1c1nc2cccc(Cl)c2n1C(C)C. The second kappa shape index (κ2) is 5.35. The number of hydrogen-bond donors (Lipinski definition) is 1. The number of hydrogen-bond acceptors (Lipinski definition) is 3. The third kappa shape index (κ3) is 2.12. The molecule has 20 heavy (non-hydrogen) atoms. The van der Waals surface area contributed by atoms with Crippen LogP contribution in [0.2, 0.25) is 5.02 Å². The van der Waals surface area contributed by atoms with Crippen molar-refractivity contribution >= 4 is 22.6 Å². The van der Waals surface area contributed by atoms with Crippen molar-refractivity contribution in [3.05, 3.63) is 29.0 Å². The Morgan fingerprint density at radius 1 is 1.40 bits per heavy atom. The summed E-state index contributed by atoms with van der Waals surface area (Å²) in [6.07, 6.45) is 0. The van der Waals surface area contributed by atoms with E-state index in [-0.39, 0.29) is 5.92 Å². The second-order valence-electron chi connectivity index (χ2n) is 5.58. The van der Waals surface area contributed by atoms with Crippen LogP contribution in [0.3, 0.4) is 0 Å². The summed E-state index contributed by atoms with van der Waals surface area (Å²) in [4.78, 5) is 4.83. The van der Waals surface area contributed by atoms with Crippen molar-refractivity contribution in [2.24, 2.45) is 0 Å². The first-order chi connectivity index (χ1) is 9.63. The molecule has 1 aliphatic heterocycles. The molecule has 2 heterocycles. The largest absolute Gasteiger partial charge is 0.379 e. The Labute approximate surface area is 124 Å². The van der Waals surface area contributed by atoms with Gasteiger partial charge >= 0.3 is 0 Å². The number of likely N-dealkylation sites (N-methyl/N-ethyl adjacent to an activating group) is 1. The average Bonchev–Trinajstić information content (AvgIpc) is 3.02. The molecule has 108 valence electrons. The van der Waals surface area contributed by atoms with Crippen LogP contribution >= 0.6 is 11.6 Å². The molecular weight excluding hydrogens is 274 g/mol. The van der Waals surface area contributed by atoms with Gasteiger partial charge in [-0.2, -0.15) is 0 Å². The molecule has 5 heteroatoms. The molecule has 0 spiro atoms. The Morgan fingerprint density at radius 2 is 2.20 bits per heavy atom. The number of aromatic nitrogens is 2. The molecule has 3 rings (SSSR count). The number of halogens is 1. The predicted octanol–water partition coefficient (Wildman–Crippen LogP) is 2.97. The zero-order valence-corrected chi connectivity index (χ0v) is 12.8. The molecule has 2 atom stereocenters. The smallest absolute Gasteiger partial charge is 0.117 e. The lowest BCUT2D eigenvalue weighted by Gasteiger charge is -2.20. The lowest BCUT2D eigenvalue weighted by molar-refractivity contribution is 0.187. The van der Waals surface area contributed by atoms with Gasteiger partial charge in [-0.1, -0.05) is 17.7 Å². The van der Waals surface area contributed by atoms with E-state index in [1.165, 1.54) is 0 Å². The van der Waals surface area contributed by atoms with Crippen molar-refractivity contribution in [2.75, 3.05) is 20.3 Å². The van der Waals surface area contributed by atoms with Gasteiger partial charge in [0.25, 0.3) is 0 Å². The molecule has 4 nitrogen and oxygen atoms in total. The normalized spacial score (nSPS) is 23.1. The maximum Gasteiger partial charge on any atom is 0.117 e. The highest BCUT2D eigenvalue weighted by Crippen LogP contribution is 2.33. The quantitative estimate of drug-likeness (QED) is 0.945. The Kier molecular flexibility index (Phi) is 3.71. The first-order valence-electron chi connectivity index (χ1n) is 7.04. The van der Waals surface area contributed by atoms with Gasteiger partial charge < -0.3 is 14.6 Å². The standard InChI is InChI=1S/C15H20ClN3O/c1-9(2)19-14-11(16)5-4-6-12(14)18-15(19)10-7-20-8-13(10)17-3/h4-6,9-10,13,17H,7-8H2,1-3H3. The molecule has 0 aliphatic carbocycles. The zero-order valence-electron chi connectivity index (χ0n) is 12.1. The van der Waals surface area contributed by atoms with E-state index in [0.717, 1.165) is 28.5 Å². The van der Waals surface area contributed by atoms with E-state index in [1.807, 2.05) is 25.2 Å². The number of para-hydroxylation sites is 1. The average molecular weight is 294 g/mol. The highest BCUT2D eigenvalue weighted by Gasteiger charge is 2.33. The van der Waals surface area contributed by atoms with Crippen LogP contribution in [0, 0.1) is 0 Å². The lowest BCUT2D eigenvalue weighted by Crippen LogP contribution is -2.32. The van der Waals surface area contributed by atoms with E-state index in [4.69, 9.17) is 21.3 Å². The van der Waals surface area contributed by atoms with Crippen molar-refractivity contribution in [1.29, 1.82) is 0 Å². The van der Waals surface area contributed by atoms with Crippen molar-refractivity contribution in [3.8, 4) is 0 Å². The van der Waals surface area contributed by atoms with Gasteiger partial charge in [0.1, 0.15) is 5.82 Å². The molecule has 0 bridgehead atoms. The third-order valence-electron chi connectivity index (χ3n) is 3.99. The maximum atomic E-state index is 6.39. The number of ether oxygens (including phenoxy) is 1. The summed E-state index contributed by atoms with van der Waals surface area (Å²) in [6.45, 7) is 5.77. The highest BCUT2D eigenvalue weighted by molar-refractivity contribution is 6.35. The monoisotopic (exact) mass is 293 g/mol. The fourth-order valence-electron chi connectivity index (χ4n) is 3.00. The van der Waals surface area contributed by atoms with Crippen LogP contribution in [0.1, 0.15) is 31.6 Å². The molecule has 0 saturated carbocycles. The predicted molar refractivity (Wildman–Crippen MR) is 81.5 cm³/mol. The van der Waals surface area contributed by atoms with E-state index < -0.39 is 0 Å². The summed E-state index contributed by atoms with van der Waals surface area (Å²) in [7, 11) is 1.97. The van der Waals surface area contributed by atoms with Crippen molar-refractivity contribution in [2.45, 2.75) is 31.8 Å². The molecule has 0 amide bonds. The molecule has 2 unspecified atom stereocenters. The van der Waals surface area contributed by atoms with Crippen LogP contribution in [0.5, 0.6) is 0 Å². The molecule has 1 N–H and O–H groups in total. The minimum absolute atomic E-state index is 0.269. The van der Waals surface area contributed by atoms with Crippen LogP contribution < -0.4 is 5.32 Å². The van der Waals surface area contributed by atoms with Gasteiger partial charge in [-0.05, 0) is 33.0 Å². The number of rotatable bonds is 3. The van der Waals surface area contributed by atoms with Crippen molar-refractivity contribution < 1.29 is 4.74 Å². The maximum absolute atomic E-state index is 6.39. The van der Waals surface area contributed by atoms with Crippen LogP contribution in [-0.4, -0.2) is 35.9 Å². The summed E-state index contributed by atoms with van der Waals surface area (Å²) in [5.74, 6) is 1.34. The van der Waals surface area contributed by atoms with Gasteiger partial charge in [0.15, 0.2) is 0 Å². The van der Waals surface area contributed by atoms with Gasteiger partial charge in [-0.25, -0.2) is 4.98 Å². The van der Waals surface area contributed by atoms with Gasteiger partial charge in [0.05, 0.1) is 35.2 Å². The fraction of sp³-hybridized carbons (Fsp3) is 0.533. The van der Waals surface area contributed by atoms with Crippen molar-refractivity contribution in [3.63, 3.8) is 0 Å². The molecule has 1 fully saturated rings. The topological polar surface area (TPSA) is 39.1 Å². The van der Waals surface area contributed by atoms with Crippen molar-refractivity contribution in [1.82, 2.24) is 14.9 Å². The summed E-state index contributed by atoms with van der Waals surface area (Å²) >= 11 is 6.39. The van der Waals surface area contributed by atoms with Crippen LogP contribution in [0.15, 0.2) is 18.2 Å². The van der Waals surface area contributed by atoms with Gasteiger partial charge in [0, 0.05) is 12.1 Å². The van der Waals surface area contributed by atoms with Gasteiger partial charge in [-0.3, -0.25) is 0 Å². The highest BCUT2D eigenvalue weighted by atomic mass is 35.5. The van der Waals surface area contributed by atoms with Gasteiger partial charge in [-0.15, -0.1) is 0 Å². The molecular formula is C15H20ClN3O. The first-order valence-corrected chi connectivity index (χ1v) is 7.42. The summed E-state index contributed by atoms with van der Waals surface area (Å²) in [5, 5.41) is 4.09. The summed E-state index contributed by atoms with van der Waals surface area (Å²) in [6, 6.07) is 6.52. The molecule has 1 aromatic heterocycles. The van der Waals surface area contributed by atoms with E-state index in [9.17, 15) is 0 Å².